The molecule has 9 nitrogen and oxygen atoms in total. The van der Waals surface area contributed by atoms with Gasteiger partial charge in [-0.25, -0.2) is 14.5 Å². The van der Waals surface area contributed by atoms with Crippen molar-refractivity contribution in [3.05, 3.63) is 87.3 Å². The molecule has 0 aliphatic carbocycles. The van der Waals surface area contributed by atoms with Crippen LogP contribution in [0.5, 0.6) is 0 Å². The van der Waals surface area contributed by atoms with Crippen molar-refractivity contribution in [2.24, 2.45) is 0 Å². The fraction of sp³-hybridized carbons (Fsp3) is 0.160. The highest BCUT2D eigenvalue weighted by Gasteiger charge is 2.20. The van der Waals surface area contributed by atoms with Gasteiger partial charge >= 0.3 is 5.97 Å². The zero-order chi connectivity index (χ0) is 25.8. The highest BCUT2D eigenvalue weighted by atomic mass is 35.5. The second-order valence-electron chi connectivity index (χ2n) is 7.77. The summed E-state index contributed by atoms with van der Waals surface area (Å²) >= 11 is 12.1. The smallest absolute Gasteiger partial charge is 0.343 e. The Morgan fingerprint density at radius 3 is 2.42 bits per heavy atom. The third-order valence-electron chi connectivity index (χ3n) is 5.02. The van der Waals surface area contributed by atoms with Crippen molar-refractivity contribution in [1.29, 1.82) is 0 Å². The number of halogens is 2. The van der Waals surface area contributed by atoms with Crippen LogP contribution in [0.15, 0.2) is 54.7 Å². The first kappa shape index (κ1) is 25.2. The monoisotopic (exact) mass is 524 g/mol. The van der Waals surface area contributed by atoms with Crippen LogP contribution in [0.25, 0.3) is 5.95 Å². The number of para-hydroxylation sites is 1. The molecule has 36 heavy (non-hydrogen) atoms. The molecule has 1 amide bonds. The molecule has 2 aromatic carbocycles. The number of nitrogens with one attached hydrogen (secondary N) is 2. The van der Waals surface area contributed by atoms with E-state index in [1.165, 1.54) is 6.20 Å². The van der Waals surface area contributed by atoms with Gasteiger partial charge in [0.2, 0.25) is 0 Å². The number of rotatable bonds is 7. The molecule has 0 saturated carbocycles. The fourth-order valence-electron chi connectivity index (χ4n) is 3.50. The molecule has 2 aromatic heterocycles. The second kappa shape index (κ2) is 10.8. The predicted molar refractivity (Wildman–Crippen MR) is 139 cm³/mol. The van der Waals surface area contributed by atoms with E-state index >= 15 is 0 Å². The van der Waals surface area contributed by atoms with Crippen LogP contribution >= 0.6 is 23.2 Å². The van der Waals surface area contributed by atoms with Crippen LogP contribution < -0.4 is 10.6 Å². The lowest BCUT2D eigenvalue weighted by atomic mass is 10.1. The molecular weight excluding hydrogens is 503 g/mol. The number of nitrogens with zero attached hydrogens (tertiary/aromatic N) is 4. The summed E-state index contributed by atoms with van der Waals surface area (Å²) in [5, 5.41) is 11.1. The van der Waals surface area contributed by atoms with Gasteiger partial charge in [0.1, 0.15) is 5.56 Å². The summed E-state index contributed by atoms with van der Waals surface area (Å²) in [7, 11) is 0. The van der Waals surface area contributed by atoms with Crippen LogP contribution in [-0.2, 0) is 4.74 Å². The number of carbonyl (C=O) groups excluding carboxylic acids is 2. The zero-order valence-corrected chi connectivity index (χ0v) is 21.2. The second-order valence-corrected chi connectivity index (χ2v) is 8.65. The van der Waals surface area contributed by atoms with Crippen molar-refractivity contribution in [1.82, 2.24) is 19.7 Å². The number of anilines is 3. The van der Waals surface area contributed by atoms with E-state index in [1.807, 2.05) is 19.9 Å². The van der Waals surface area contributed by atoms with Gasteiger partial charge in [-0.15, -0.1) is 0 Å². The molecule has 0 aliphatic rings. The van der Waals surface area contributed by atoms with E-state index in [9.17, 15) is 9.59 Å². The number of carbonyl (C=O) groups is 2. The van der Waals surface area contributed by atoms with Crippen LogP contribution in [0.4, 0.5) is 17.2 Å². The van der Waals surface area contributed by atoms with E-state index in [0.717, 1.165) is 11.4 Å². The maximum atomic E-state index is 13.1. The minimum atomic E-state index is -0.601. The first-order valence-corrected chi connectivity index (χ1v) is 11.7. The number of benzene rings is 2. The van der Waals surface area contributed by atoms with Gasteiger partial charge in [0, 0.05) is 27.6 Å². The standard InChI is InChI=1S/C25H22Cl2N6O3/c1-4-36-24(35)20-13-28-25(33-15(3)9-14(2)32-33)31-22(20)30-21-8-6-5-7-19(21)23(34)29-18-11-16(26)10-17(27)12-18/h5-13H,4H2,1-3H3,(H,29,34)(H,28,30,31). The van der Waals surface area contributed by atoms with E-state index < -0.39 is 11.9 Å². The molecule has 0 fully saturated rings. The third-order valence-corrected chi connectivity index (χ3v) is 5.45. The minimum Gasteiger partial charge on any atom is -0.462 e. The van der Waals surface area contributed by atoms with E-state index in [-0.39, 0.29) is 23.9 Å². The molecule has 2 heterocycles. The van der Waals surface area contributed by atoms with Gasteiger partial charge in [0.05, 0.1) is 23.6 Å². The number of aromatic nitrogens is 4. The molecule has 0 bridgehead atoms. The Bertz CT molecular complexity index is 1430. The SMILES string of the molecule is CCOC(=O)c1cnc(-n2nc(C)cc2C)nc1Nc1ccccc1C(=O)Nc1cc(Cl)cc(Cl)c1. The number of amides is 1. The van der Waals surface area contributed by atoms with Gasteiger partial charge in [0.25, 0.3) is 11.9 Å². The topological polar surface area (TPSA) is 111 Å². The predicted octanol–water partition coefficient (Wildman–Crippen LogP) is 5.76. The van der Waals surface area contributed by atoms with Gasteiger partial charge in [-0.2, -0.15) is 10.1 Å². The summed E-state index contributed by atoms with van der Waals surface area (Å²) in [5.74, 6) is -0.596. The van der Waals surface area contributed by atoms with Gasteiger partial charge in [-0.05, 0) is 57.2 Å². The van der Waals surface area contributed by atoms with Crippen LogP contribution in [-0.4, -0.2) is 38.2 Å². The average molecular weight is 525 g/mol. The largest absolute Gasteiger partial charge is 0.462 e. The lowest BCUT2D eigenvalue weighted by Gasteiger charge is -2.15. The fourth-order valence-corrected chi connectivity index (χ4v) is 4.03. The summed E-state index contributed by atoms with van der Waals surface area (Å²) < 4.78 is 6.74. The maximum absolute atomic E-state index is 13.1. The molecule has 11 heteroatoms. The quantitative estimate of drug-likeness (QED) is 0.295. The zero-order valence-electron chi connectivity index (χ0n) is 19.7. The Kier molecular flexibility index (Phi) is 7.52. The molecule has 184 valence electrons. The Labute approximate surface area is 217 Å². The highest BCUT2D eigenvalue weighted by Crippen LogP contribution is 2.26. The van der Waals surface area contributed by atoms with Crippen LogP contribution in [0.3, 0.4) is 0 Å². The van der Waals surface area contributed by atoms with Crippen molar-refractivity contribution in [2.45, 2.75) is 20.8 Å². The van der Waals surface area contributed by atoms with Crippen molar-refractivity contribution < 1.29 is 14.3 Å². The molecular formula is C25H22Cl2N6O3. The van der Waals surface area contributed by atoms with Crippen molar-refractivity contribution in [3.8, 4) is 5.95 Å². The van der Waals surface area contributed by atoms with Crippen molar-refractivity contribution >= 4 is 52.3 Å². The molecule has 4 rings (SSSR count). The van der Waals surface area contributed by atoms with E-state index in [1.54, 1.807) is 54.1 Å². The molecule has 0 spiro atoms. The number of hydrogen-bond donors (Lipinski definition) is 2. The lowest BCUT2D eigenvalue weighted by Crippen LogP contribution is -2.16. The van der Waals surface area contributed by atoms with Gasteiger partial charge in [0.15, 0.2) is 5.82 Å². The summed E-state index contributed by atoms with van der Waals surface area (Å²) in [6.07, 6.45) is 1.37. The summed E-state index contributed by atoms with van der Waals surface area (Å²) in [6.45, 7) is 5.62. The van der Waals surface area contributed by atoms with Gasteiger partial charge < -0.3 is 15.4 Å². The number of aryl methyl sites for hydroxylation is 2. The average Bonchev–Trinajstić information content (AvgIpc) is 3.16. The van der Waals surface area contributed by atoms with Crippen molar-refractivity contribution in [2.75, 3.05) is 17.2 Å². The Balaban J connectivity index is 1.72. The Hall–Kier alpha value is -3.95. The first-order chi connectivity index (χ1) is 17.2. The van der Waals surface area contributed by atoms with Crippen LogP contribution in [0.1, 0.15) is 39.0 Å². The van der Waals surface area contributed by atoms with Crippen molar-refractivity contribution in [3.63, 3.8) is 0 Å². The number of hydrogen-bond acceptors (Lipinski definition) is 7. The van der Waals surface area contributed by atoms with E-state index in [2.05, 4.69) is 25.7 Å². The van der Waals surface area contributed by atoms with Gasteiger partial charge in [-0.3, -0.25) is 4.79 Å². The lowest BCUT2D eigenvalue weighted by molar-refractivity contribution is 0.0526. The first-order valence-electron chi connectivity index (χ1n) is 11.0. The molecule has 0 aliphatic heterocycles. The molecule has 0 saturated heterocycles. The van der Waals surface area contributed by atoms with Gasteiger partial charge in [-0.1, -0.05) is 35.3 Å². The van der Waals surface area contributed by atoms with E-state index in [0.29, 0.717) is 27.0 Å². The molecule has 0 radical (unpaired) electrons. The molecule has 2 N–H and O–H groups in total. The summed E-state index contributed by atoms with van der Waals surface area (Å²) in [5.41, 5.74) is 2.87. The Morgan fingerprint density at radius 2 is 1.75 bits per heavy atom. The third kappa shape index (κ3) is 5.64. The Morgan fingerprint density at radius 1 is 1.03 bits per heavy atom. The molecule has 4 aromatic rings. The molecule has 0 atom stereocenters. The van der Waals surface area contributed by atoms with Crippen LogP contribution in [0, 0.1) is 13.8 Å². The number of esters is 1. The maximum Gasteiger partial charge on any atom is 0.343 e. The summed E-state index contributed by atoms with van der Waals surface area (Å²) in [4.78, 5) is 34.6. The minimum absolute atomic E-state index is 0.110. The molecule has 0 unspecified atom stereocenters. The van der Waals surface area contributed by atoms with Crippen LogP contribution in [0.2, 0.25) is 10.0 Å². The highest BCUT2D eigenvalue weighted by molar-refractivity contribution is 6.35. The summed E-state index contributed by atoms with van der Waals surface area (Å²) in [6, 6.07) is 13.4. The number of ether oxygens (including phenoxy) is 1. The van der Waals surface area contributed by atoms with E-state index in [4.69, 9.17) is 27.9 Å². The normalized spacial score (nSPS) is 10.7.